The van der Waals surface area contributed by atoms with Gasteiger partial charge in [0.1, 0.15) is 12.0 Å². The summed E-state index contributed by atoms with van der Waals surface area (Å²) in [5.41, 5.74) is 4.82. The van der Waals surface area contributed by atoms with Gasteiger partial charge in [0.15, 0.2) is 5.75 Å². The molecule has 1 aromatic heterocycles. The van der Waals surface area contributed by atoms with E-state index in [0.717, 1.165) is 19.2 Å². The van der Waals surface area contributed by atoms with Gasteiger partial charge in [0.25, 0.3) is 0 Å². The predicted octanol–water partition coefficient (Wildman–Crippen LogP) is 1.60. The molecule has 6 heteroatoms. The summed E-state index contributed by atoms with van der Waals surface area (Å²) < 4.78 is 5.20. The van der Waals surface area contributed by atoms with Crippen LogP contribution in [0.15, 0.2) is 21.5 Å². The number of aromatic hydroxyl groups is 1. The Labute approximate surface area is 129 Å². The average molecular weight is 308 g/mol. The van der Waals surface area contributed by atoms with Crippen molar-refractivity contribution in [1.29, 1.82) is 0 Å². The van der Waals surface area contributed by atoms with E-state index in [4.69, 9.17) is 10.2 Å². The third-order valence-corrected chi connectivity index (χ3v) is 4.20. The molecule has 3 N–H and O–H groups in total. The standard InChI is InChI=1S/C16H24N2O4/c17-16(21)10-18(7-6-12-4-2-1-3-5-12)9-13-8-14(19)15(20)11-22-13/h8,11-12,20H,1-7,9-10H2,(H2,17,21). The lowest BCUT2D eigenvalue weighted by molar-refractivity contribution is -0.119. The quantitative estimate of drug-likeness (QED) is 0.797. The summed E-state index contributed by atoms with van der Waals surface area (Å²) in [6.07, 6.45) is 8.44. The van der Waals surface area contributed by atoms with Crippen molar-refractivity contribution < 1.29 is 14.3 Å². The Morgan fingerprint density at radius 2 is 2.09 bits per heavy atom. The number of hydrogen-bond donors (Lipinski definition) is 2. The van der Waals surface area contributed by atoms with Gasteiger partial charge in [-0.25, -0.2) is 0 Å². The van der Waals surface area contributed by atoms with Gasteiger partial charge >= 0.3 is 0 Å². The molecule has 1 aliphatic rings. The van der Waals surface area contributed by atoms with Crippen LogP contribution in [-0.4, -0.2) is 29.0 Å². The van der Waals surface area contributed by atoms with Crippen molar-refractivity contribution in [2.75, 3.05) is 13.1 Å². The molecule has 0 aromatic carbocycles. The van der Waals surface area contributed by atoms with E-state index in [-0.39, 0.29) is 6.54 Å². The third-order valence-electron chi connectivity index (χ3n) is 4.20. The van der Waals surface area contributed by atoms with Crippen LogP contribution in [0.3, 0.4) is 0 Å². The van der Waals surface area contributed by atoms with Crippen LogP contribution in [0.5, 0.6) is 5.75 Å². The molecule has 6 nitrogen and oxygen atoms in total. The van der Waals surface area contributed by atoms with Crippen molar-refractivity contribution in [1.82, 2.24) is 4.90 Å². The minimum atomic E-state index is -0.479. The van der Waals surface area contributed by atoms with Gasteiger partial charge in [-0.3, -0.25) is 14.5 Å². The molecule has 1 aromatic rings. The molecule has 2 rings (SSSR count). The Balaban J connectivity index is 1.94. The molecular formula is C16H24N2O4. The SMILES string of the molecule is NC(=O)CN(CCC1CCCCC1)Cc1cc(=O)c(O)co1. The van der Waals surface area contributed by atoms with Crippen LogP contribution >= 0.6 is 0 Å². The largest absolute Gasteiger partial charge is 0.502 e. The Hall–Kier alpha value is -1.82. The number of nitrogens with two attached hydrogens (primary N) is 1. The number of amides is 1. The maximum atomic E-state index is 11.4. The molecule has 0 saturated heterocycles. The van der Waals surface area contributed by atoms with Crippen molar-refractivity contribution in [2.24, 2.45) is 11.7 Å². The topological polar surface area (TPSA) is 96.8 Å². The van der Waals surface area contributed by atoms with Gasteiger partial charge in [-0.05, 0) is 18.9 Å². The predicted molar refractivity (Wildman–Crippen MR) is 82.3 cm³/mol. The molecule has 0 atom stereocenters. The van der Waals surface area contributed by atoms with Crippen molar-refractivity contribution in [3.05, 3.63) is 28.3 Å². The summed E-state index contributed by atoms with van der Waals surface area (Å²) in [4.78, 5) is 24.5. The van der Waals surface area contributed by atoms with Gasteiger partial charge in [0, 0.05) is 6.07 Å². The Bertz CT molecular complexity index is 549. The molecule has 0 aliphatic heterocycles. The van der Waals surface area contributed by atoms with Crippen LogP contribution in [0.25, 0.3) is 0 Å². The summed E-state index contributed by atoms with van der Waals surface area (Å²) in [5.74, 6) is 0.320. The van der Waals surface area contributed by atoms with E-state index in [1.54, 1.807) is 0 Å². The highest BCUT2D eigenvalue weighted by molar-refractivity contribution is 5.75. The van der Waals surface area contributed by atoms with Crippen molar-refractivity contribution in [2.45, 2.75) is 45.1 Å². The van der Waals surface area contributed by atoms with Gasteiger partial charge < -0.3 is 15.3 Å². The molecule has 1 saturated carbocycles. The molecule has 22 heavy (non-hydrogen) atoms. The summed E-state index contributed by atoms with van der Waals surface area (Å²) >= 11 is 0. The van der Waals surface area contributed by atoms with Gasteiger partial charge in [0.2, 0.25) is 11.3 Å². The molecule has 1 amide bonds. The number of primary amides is 1. The van der Waals surface area contributed by atoms with Crippen LogP contribution in [0.2, 0.25) is 0 Å². The summed E-state index contributed by atoms with van der Waals surface area (Å²) in [7, 11) is 0. The normalized spacial score (nSPS) is 16.0. The average Bonchev–Trinajstić information content (AvgIpc) is 2.49. The summed E-state index contributed by atoms with van der Waals surface area (Å²) in [6.45, 7) is 1.22. The van der Waals surface area contributed by atoms with Crippen LogP contribution in [0.4, 0.5) is 0 Å². The molecule has 122 valence electrons. The lowest BCUT2D eigenvalue weighted by atomic mass is 9.87. The second kappa shape index (κ2) is 7.98. The van der Waals surface area contributed by atoms with E-state index >= 15 is 0 Å². The summed E-state index contributed by atoms with van der Waals surface area (Å²) in [6, 6.07) is 1.25. The first kappa shape index (κ1) is 16.5. The van der Waals surface area contributed by atoms with Gasteiger partial charge in [0.05, 0.1) is 13.1 Å². The van der Waals surface area contributed by atoms with Crippen LogP contribution in [0, 0.1) is 5.92 Å². The fourth-order valence-corrected chi connectivity index (χ4v) is 3.02. The van der Waals surface area contributed by atoms with Crippen LogP contribution in [-0.2, 0) is 11.3 Å². The third kappa shape index (κ3) is 5.18. The molecular weight excluding hydrogens is 284 g/mol. The first-order chi connectivity index (χ1) is 10.5. The highest BCUT2D eigenvalue weighted by Crippen LogP contribution is 2.26. The molecule has 1 aliphatic carbocycles. The van der Waals surface area contributed by atoms with Crippen LogP contribution < -0.4 is 11.2 Å². The zero-order chi connectivity index (χ0) is 15.9. The van der Waals surface area contributed by atoms with E-state index in [1.165, 1.54) is 38.2 Å². The van der Waals surface area contributed by atoms with Crippen molar-refractivity contribution in [3.63, 3.8) is 0 Å². The molecule has 0 bridgehead atoms. The smallest absolute Gasteiger partial charge is 0.231 e. The molecule has 0 spiro atoms. The molecule has 1 fully saturated rings. The van der Waals surface area contributed by atoms with Gasteiger partial charge in [-0.15, -0.1) is 0 Å². The van der Waals surface area contributed by atoms with E-state index in [1.807, 2.05) is 4.90 Å². The fraction of sp³-hybridized carbons (Fsp3) is 0.625. The first-order valence-corrected chi connectivity index (χ1v) is 7.86. The van der Waals surface area contributed by atoms with Gasteiger partial charge in [-0.1, -0.05) is 32.1 Å². The number of hydrogen-bond acceptors (Lipinski definition) is 5. The van der Waals surface area contributed by atoms with E-state index < -0.39 is 17.1 Å². The number of rotatable bonds is 7. The highest BCUT2D eigenvalue weighted by Gasteiger charge is 2.17. The monoisotopic (exact) mass is 308 g/mol. The summed E-state index contributed by atoms with van der Waals surface area (Å²) in [5, 5.41) is 9.20. The lowest BCUT2D eigenvalue weighted by Gasteiger charge is -2.25. The Kier molecular flexibility index (Phi) is 6.00. The maximum absolute atomic E-state index is 11.4. The molecule has 0 unspecified atom stereocenters. The minimum Gasteiger partial charge on any atom is -0.502 e. The molecule has 0 radical (unpaired) electrons. The van der Waals surface area contributed by atoms with E-state index in [9.17, 15) is 14.7 Å². The minimum absolute atomic E-state index is 0.136. The second-order valence-corrected chi connectivity index (χ2v) is 6.07. The van der Waals surface area contributed by atoms with Gasteiger partial charge in [-0.2, -0.15) is 0 Å². The molecule has 1 heterocycles. The van der Waals surface area contributed by atoms with Crippen molar-refractivity contribution in [3.8, 4) is 5.75 Å². The second-order valence-electron chi connectivity index (χ2n) is 6.07. The maximum Gasteiger partial charge on any atom is 0.231 e. The Morgan fingerprint density at radius 1 is 1.36 bits per heavy atom. The van der Waals surface area contributed by atoms with Crippen molar-refractivity contribution >= 4 is 5.91 Å². The Morgan fingerprint density at radius 3 is 2.73 bits per heavy atom. The van der Waals surface area contributed by atoms with E-state index in [2.05, 4.69) is 0 Å². The lowest BCUT2D eigenvalue weighted by Crippen LogP contribution is -2.35. The number of carbonyl (C=O) groups is 1. The van der Waals surface area contributed by atoms with E-state index in [0.29, 0.717) is 18.2 Å². The zero-order valence-electron chi connectivity index (χ0n) is 12.8. The fourth-order valence-electron chi connectivity index (χ4n) is 3.02. The van der Waals surface area contributed by atoms with Crippen LogP contribution in [0.1, 0.15) is 44.3 Å². The first-order valence-electron chi connectivity index (χ1n) is 7.86. The highest BCUT2D eigenvalue weighted by atomic mass is 16.4. The zero-order valence-corrected chi connectivity index (χ0v) is 12.8. The number of carbonyl (C=O) groups excluding carboxylic acids is 1. The number of nitrogens with zero attached hydrogens (tertiary/aromatic N) is 1.